The summed E-state index contributed by atoms with van der Waals surface area (Å²) in [6.07, 6.45) is 4.54. The van der Waals surface area contributed by atoms with Gasteiger partial charge in [0.2, 0.25) is 0 Å². The van der Waals surface area contributed by atoms with E-state index in [1.54, 1.807) is 19.2 Å². The van der Waals surface area contributed by atoms with E-state index in [0.717, 1.165) is 38.0 Å². The highest BCUT2D eigenvalue weighted by Crippen LogP contribution is 2.23. The molecule has 2 heterocycles. The normalized spacial score (nSPS) is 17.1. The van der Waals surface area contributed by atoms with Gasteiger partial charge in [-0.2, -0.15) is 0 Å². The van der Waals surface area contributed by atoms with Crippen molar-refractivity contribution in [2.24, 2.45) is 0 Å². The van der Waals surface area contributed by atoms with Crippen LogP contribution in [-0.2, 0) is 6.54 Å². The molecule has 0 radical (unpaired) electrons. The second kappa shape index (κ2) is 8.73. The summed E-state index contributed by atoms with van der Waals surface area (Å²) in [6.45, 7) is 4.00. The van der Waals surface area contributed by atoms with E-state index in [9.17, 15) is 14.9 Å². The van der Waals surface area contributed by atoms with Gasteiger partial charge in [0.25, 0.3) is 11.6 Å². The molecule has 1 aromatic heterocycles. The quantitative estimate of drug-likeness (QED) is 0.647. The van der Waals surface area contributed by atoms with E-state index in [0.29, 0.717) is 17.7 Å². The third kappa shape index (κ3) is 4.68. The fourth-order valence-corrected chi connectivity index (χ4v) is 3.50. The van der Waals surface area contributed by atoms with Gasteiger partial charge in [0.05, 0.1) is 17.2 Å². The lowest BCUT2D eigenvalue weighted by Crippen LogP contribution is -2.40. The third-order valence-electron chi connectivity index (χ3n) is 4.96. The van der Waals surface area contributed by atoms with Crippen LogP contribution in [0.4, 0.5) is 5.69 Å². The Morgan fingerprint density at radius 3 is 2.85 bits per heavy atom. The Labute approximate surface area is 158 Å². The number of carbonyl (C=O) groups excluding carboxylic acids is 1. The maximum absolute atomic E-state index is 13.4. The van der Waals surface area contributed by atoms with Crippen LogP contribution in [0.2, 0.25) is 0 Å². The summed E-state index contributed by atoms with van der Waals surface area (Å²) >= 11 is 0. The molecule has 1 amide bonds. The highest BCUT2D eigenvalue weighted by atomic mass is 16.6. The van der Waals surface area contributed by atoms with Gasteiger partial charge in [-0.15, -0.1) is 0 Å². The molecule has 7 heteroatoms. The number of carbonyl (C=O) groups is 1. The van der Waals surface area contributed by atoms with Gasteiger partial charge in [-0.1, -0.05) is 6.07 Å². The zero-order valence-corrected chi connectivity index (χ0v) is 15.4. The first kappa shape index (κ1) is 19.0. The van der Waals surface area contributed by atoms with Crippen LogP contribution in [0, 0.1) is 17.0 Å². The van der Waals surface area contributed by atoms with Gasteiger partial charge in [-0.25, -0.2) is 0 Å². The number of benzene rings is 1. The van der Waals surface area contributed by atoms with Crippen molar-refractivity contribution in [3.05, 3.63) is 69.5 Å². The predicted molar refractivity (Wildman–Crippen MR) is 102 cm³/mol. The zero-order valence-electron chi connectivity index (χ0n) is 15.4. The van der Waals surface area contributed by atoms with E-state index in [2.05, 4.69) is 10.3 Å². The summed E-state index contributed by atoms with van der Waals surface area (Å²) in [6, 6.07) is 10.2. The molecular weight excluding hydrogens is 344 g/mol. The van der Waals surface area contributed by atoms with Crippen LogP contribution in [0.25, 0.3) is 0 Å². The van der Waals surface area contributed by atoms with Gasteiger partial charge in [-0.05, 0) is 63.0 Å². The number of amides is 1. The monoisotopic (exact) mass is 368 g/mol. The van der Waals surface area contributed by atoms with E-state index < -0.39 is 4.92 Å². The van der Waals surface area contributed by atoms with Crippen LogP contribution in [0.1, 0.15) is 40.9 Å². The van der Waals surface area contributed by atoms with Crippen LogP contribution in [-0.4, -0.2) is 39.8 Å². The molecule has 0 bridgehead atoms. The van der Waals surface area contributed by atoms with Crippen molar-refractivity contribution in [2.45, 2.75) is 38.8 Å². The Morgan fingerprint density at radius 2 is 2.15 bits per heavy atom. The Kier molecular flexibility index (Phi) is 6.13. The third-order valence-corrected chi connectivity index (χ3v) is 4.96. The van der Waals surface area contributed by atoms with Crippen molar-refractivity contribution in [2.75, 3.05) is 13.1 Å². The van der Waals surface area contributed by atoms with Gasteiger partial charge < -0.3 is 10.2 Å². The molecule has 1 fully saturated rings. The van der Waals surface area contributed by atoms with Crippen molar-refractivity contribution in [3.8, 4) is 0 Å². The van der Waals surface area contributed by atoms with Crippen LogP contribution in [0.15, 0.2) is 42.6 Å². The molecule has 0 saturated carbocycles. The molecule has 1 aliphatic heterocycles. The molecule has 1 aliphatic rings. The van der Waals surface area contributed by atoms with E-state index in [1.165, 1.54) is 12.1 Å². The van der Waals surface area contributed by atoms with Gasteiger partial charge in [-0.3, -0.25) is 19.9 Å². The number of pyridine rings is 1. The van der Waals surface area contributed by atoms with Crippen molar-refractivity contribution in [3.63, 3.8) is 0 Å². The number of nitrogens with zero attached hydrogens (tertiary/aromatic N) is 3. The molecule has 1 saturated heterocycles. The van der Waals surface area contributed by atoms with Crippen molar-refractivity contribution < 1.29 is 9.72 Å². The average molecular weight is 368 g/mol. The molecule has 0 spiro atoms. The summed E-state index contributed by atoms with van der Waals surface area (Å²) in [5.41, 5.74) is 1.96. The Bertz CT molecular complexity index is 802. The van der Waals surface area contributed by atoms with Crippen LogP contribution >= 0.6 is 0 Å². The number of rotatable bonds is 5. The van der Waals surface area contributed by atoms with Crippen LogP contribution in [0.5, 0.6) is 0 Å². The number of hydrogen-bond acceptors (Lipinski definition) is 5. The molecule has 3 rings (SSSR count). The molecule has 1 unspecified atom stereocenters. The average Bonchev–Trinajstić information content (AvgIpc) is 2.95. The Morgan fingerprint density at radius 1 is 1.30 bits per heavy atom. The topological polar surface area (TPSA) is 88.4 Å². The number of aryl methyl sites for hydroxylation is 1. The molecule has 0 aliphatic carbocycles. The largest absolute Gasteiger partial charge is 0.330 e. The molecule has 142 valence electrons. The SMILES string of the molecule is Cc1cc([N+](=O)[O-])ccc1C(=O)N(Cc1ccccn1)C1CCCNCC1. The van der Waals surface area contributed by atoms with E-state index in [-0.39, 0.29) is 17.6 Å². The first-order valence-electron chi connectivity index (χ1n) is 9.23. The molecule has 1 aromatic carbocycles. The Hall–Kier alpha value is -2.80. The Balaban J connectivity index is 1.91. The molecule has 1 atom stereocenters. The maximum Gasteiger partial charge on any atom is 0.269 e. The van der Waals surface area contributed by atoms with Crippen LogP contribution < -0.4 is 5.32 Å². The number of aromatic nitrogens is 1. The first-order valence-corrected chi connectivity index (χ1v) is 9.23. The van der Waals surface area contributed by atoms with E-state index in [1.807, 2.05) is 23.1 Å². The lowest BCUT2D eigenvalue weighted by atomic mass is 10.0. The minimum atomic E-state index is -0.441. The summed E-state index contributed by atoms with van der Waals surface area (Å²) in [5, 5.41) is 14.4. The smallest absolute Gasteiger partial charge is 0.269 e. The second-order valence-corrected chi connectivity index (χ2v) is 6.85. The fraction of sp³-hybridized carbons (Fsp3) is 0.400. The van der Waals surface area contributed by atoms with E-state index in [4.69, 9.17) is 0 Å². The van der Waals surface area contributed by atoms with E-state index >= 15 is 0 Å². The highest BCUT2D eigenvalue weighted by molar-refractivity contribution is 5.96. The zero-order chi connectivity index (χ0) is 19.2. The van der Waals surface area contributed by atoms with Crippen molar-refractivity contribution in [1.82, 2.24) is 15.2 Å². The molecule has 7 nitrogen and oxygen atoms in total. The molecule has 2 aromatic rings. The van der Waals surface area contributed by atoms with Gasteiger partial charge in [0.1, 0.15) is 0 Å². The first-order chi connectivity index (χ1) is 13.1. The number of hydrogen-bond donors (Lipinski definition) is 1. The minimum Gasteiger partial charge on any atom is -0.330 e. The molecular formula is C20H24N4O3. The second-order valence-electron chi connectivity index (χ2n) is 6.85. The fourth-order valence-electron chi connectivity index (χ4n) is 3.50. The number of nitro benzene ring substituents is 1. The van der Waals surface area contributed by atoms with Crippen LogP contribution in [0.3, 0.4) is 0 Å². The summed E-state index contributed by atoms with van der Waals surface area (Å²) in [5.74, 6) is -0.0973. The predicted octanol–water partition coefficient (Wildman–Crippen LogP) is 3.08. The van der Waals surface area contributed by atoms with Gasteiger partial charge in [0, 0.05) is 29.9 Å². The molecule has 27 heavy (non-hydrogen) atoms. The van der Waals surface area contributed by atoms with Gasteiger partial charge in [0.15, 0.2) is 0 Å². The number of non-ortho nitro benzene ring substituents is 1. The standard InChI is InChI=1S/C20H24N4O3/c1-15-13-18(24(26)27)7-8-19(15)20(25)23(14-16-5-2-3-11-22-16)17-6-4-10-21-12-9-17/h2-3,5,7-8,11,13,17,21H,4,6,9-10,12,14H2,1H3. The lowest BCUT2D eigenvalue weighted by Gasteiger charge is -2.31. The number of nitrogens with one attached hydrogen (secondary N) is 1. The van der Waals surface area contributed by atoms with Crippen molar-refractivity contribution >= 4 is 11.6 Å². The lowest BCUT2D eigenvalue weighted by molar-refractivity contribution is -0.384. The highest BCUT2D eigenvalue weighted by Gasteiger charge is 2.27. The summed E-state index contributed by atoms with van der Waals surface area (Å²) in [7, 11) is 0. The minimum absolute atomic E-state index is 0.000933. The van der Waals surface area contributed by atoms with Crippen molar-refractivity contribution in [1.29, 1.82) is 0 Å². The molecule has 1 N–H and O–H groups in total. The maximum atomic E-state index is 13.4. The van der Waals surface area contributed by atoms with Gasteiger partial charge >= 0.3 is 0 Å². The summed E-state index contributed by atoms with van der Waals surface area (Å²) < 4.78 is 0. The number of nitro groups is 1. The summed E-state index contributed by atoms with van der Waals surface area (Å²) in [4.78, 5) is 30.2.